The quantitative estimate of drug-likeness (QED) is 0.716. The number of hydrogen-bond acceptors (Lipinski definition) is 4. The molecule has 1 aliphatic heterocycles. The smallest absolute Gasteiger partial charge is 0.328 e. The average molecular weight is 399 g/mol. The molecule has 2 rings (SSSR count). The highest BCUT2D eigenvalue weighted by Crippen LogP contribution is 2.26. The van der Waals surface area contributed by atoms with Crippen molar-refractivity contribution < 1.29 is 23.5 Å². The van der Waals surface area contributed by atoms with Crippen molar-refractivity contribution in [2.45, 2.75) is 51.7 Å². The van der Waals surface area contributed by atoms with Gasteiger partial charge in [0, 0.05) is 31.0 Å². The Kier molecular flexibility index (Phi) is 7.18. The Hall–Kier alpha value is -2.15. The Morgan fingerprint density at radius 1 is 1.41 bits per heavy atom. The van der Waals surface area contributed by atoms with Crippen molar-refractivity contribution in [1.82, 2.24) is 10.2 Å². The van der Waals surface area contributed by atoms with Crippen molar-refractivity contribution in [1.29, 1.82) is 0 Å². The van der Waals surface area contributed by atoms with Crippen molar-refractivity contribution in [2.24, 2.45) is 5.92 Å². The number of nitrogens with zero attached hydrogens (tertiary/aromatic N) is 1. The van der Waals surface area contributed by atoms with Crippen molar-refractivity contribution in [3.8, 4) is 0 Å². The monoisotopic (exact) mass is 398 g/mol. The van der Waals surface area contributed by atoms with Gasteiger partial charge in [0.25, 0.3) is 0 Å². The molecule has 0 radical (unpaired) electrons. The number of amides is 2. The third kappa shape index (κ3) is 5.19. The van der Waals surface area contributed by atoms with Crippen LogP contribution in [0.4, 0.5) is 4.39 Å². The van der Waals surface area contributed by atoms with Crippen LogP contribution in [0.1, 0.15) is 38.7 Å². The molecule has 0 aliphatic carbocycles. The third-order valence-electron chi connectivity index (χ3n) is 4.68. The van der Waals surface area contributed by atoms with Gasteiger partial charge in [0.15, 0.2) is 0 Å². The van der Waals surface area contributed by atoms with Crippen molar-refractivity contribution >= 4 is 29.4 Å². The standard InChI is InChI=1S/C19H24ClFN2O4/c1-11(2)18(19(26)27-3)22-15(24)9-13-7-8-16(25)23(13)10-12-5-4-6-14(20)17(12)21/h4-6,11,13,18H,7-10H2,1-3H3,(H,22,24)/t13-,18-/m0/s1. The summed E-state index contributed by atoms with van der Waals surface area (Å²) >= 11 is 5.80. The fraction of sp³-hybridized carbons (Fsp3) is 0.526. The van der Waals surface area contributed by atoms with Crippen molar-refractivity contribution in [3.63, 3.8) is 0 Å². The van der Waals surface area contributed by atoms with Crippen LogP contribution < -0.4 is 5.32 Å². The molecule has 1 heterocycles. The first-order chi connectivity index (χ1) is 12.7. The summed E-state index contributed by atoms with van der Waals surface area (Å²) in [5, 5.41) is 2.66. The van der Waals surface area contributed by atoms with Gasteiger partial charge in [0.1, 0.15) is 11.9 Å². The minimum atomic E-state index is -0.751. The van der Waals surface area contributed by atoms with Gasteiger partial charge >= 0.3 is 5.97 Å². The number of ether oxygens (including phenoxy) is 1. The van der Waals surface area contributed by atoms with Crippen molar-refractivity contribution in [2.75, 3.05) is 7.11 Å². The van der Waals surface area contributed by atoms with E-state index in [1.54, 1.807) is 26.0 Å². The molecule has 8 heteroatoms. The first-order valence-electron chi connectivity index (χ1n) is 8.84. The maximum Gasteiger partial charge on any atom is 0.328 e. The molecule has 2 amide bonds. The lowest BCUT2D eigenvalue weighted by Crippen LogP contribution is -2.47. The molecule has 0 spiro atoms. The van der Waals surface area contributed by atoms with E-state index in [1.165, 1.54) is 18.1 Å². The van der Waals surface area contributed by atoms with E-state index in [9.17, 15) is 18.8 Å². The summed E-state index contributed by atoms with van der Waals surface area (Å²) in [6.45, 7) is 3.65. The Bertz CT molecular complexity index is 726. The van der Waals surface area contributed by atoms with Gasteiger partial charge in [0.05, 0.1) is 12.1 Å². The Morgan fingerprint density at radius 2 is 2.11 bits per heavy atom. The van der Waals surface area contributed by atoms with E-state index in [1.807, 2.05) is 0 Å². The second-order valence-corrected chi connectivity index (χ2v) is 7.35. The van der Waals surface area contributed by atoms with Gasteiger partial charge in [0.2, 0.25) is 11.8 Å². The largest absolute Gasteiger partial charge is 0.467 e. The van der Waals surface area contributed by atoms with Gasteiger partial charge in [-0.25, -0.2) is 9.18 Å². The summed E-state index contributed by atoms with van der Waals surface area (Å²) in [5.41, 5.74) is 0.303. The number of esters is 1. The second kappa shape index (κ2) is 9.17. The van der Waals surface area contributed by atoms with Crippen LogP contribution in [0.3, 0.4) is 0 Å². The SMILES string of the molecule is COC(=O)[C@@H](NC(=O)C[C@@H]1CCC(=O)N1Cc1cccc(Cl)c1F)C(C)C. The summed E-state index contributed by atoms with van der Waals surface area (Å²) in [6.07, 6.45) is 0.831. The molecule has 1 aromatic carbocycles. The van der Waals surface area contributed by atoms with Crippen LogP contribution in [0.5, 0.6) is 0 Å². The van der Waals surface area contributed by atoms with E-state index in [-0.39, 0.29) is 41.8 Å². The van der Waals surface area contributed by atoms with Gasteiger partial charge in [-0.3, -0.25) is 9.59 Å². The Balaban J connectivity index is 2.06. The van der Waals surface area contributed by atoms with E-state index in [2.05, 4.69) is 5.32 Å². The van der Waals surface area contributed by atoms with E-state index < -0.39 is 17.8 Å². The summed E-state index contributed by atoms with van der Waals surface area (Å²) in [5.74, 6) is -1.70. The Morgan fingerprint density at radius 3 is 2.74 bits per heavy atom. The molecule has 148 valence electrons. The number of benzene rings is 1. The molecule has 0 saturated carbocycles. The predicted octanol–water partition coefficient (Wildman–Crippen LogP) is 2.67. The van der Waals surface area contributed by atoms with E-state index >= 15 is 0 Å². The number of nitrogens with one attached hydrogen (secondary N) is 1. The highest BCUT2D eigenvalue weighted by molar-refractivity contribution is 6.30. The molecule has 1 aliphatic rings. The zero-order chi connectivity index (χ0) is 20.1. The molecule has 1 N–H and O–H groups in total. The van der Waals surface area contributed by atoms with Crippen LogP contribution >= 0.6 is 11.6 Å². The molecule has 27 heavy (non-hydrogen) atoms. The van der Waals surface area contributed by atoms with Gasteiger partial charge < -0.3 is 15.0 Å². The lowest BCUT2D eigenvalue weighted by atomic mass is 10.0. The molecule has 2 atom stereocenters. The lowest BCUT2D eigenvalue weighted by Gasteiger charge is -2.26. The zero-order valence-corrected chi connectivity index (χ0v) is 16.4. The fourth-order valence-electron chi connectivity index (χ4n) is 3.15. The van der Waals surface area contributed by atoms with Crippen LogP contribution in [-0.2, 0) is 25.7 Å². The molecular formula is C19H24ClFN2O4. The van der Waals surface area contributed by atoms with Crippen molar-refractivity contribution in [3.05, 3.63) is 34.6 Å². The van der Waals surface area contributed by atoms with Gasteiger partial charge in [-0.1, -0.05) is 37.6 Å². The summed E-state index contributed by atoms with van der Waals surface area (Å²) in [6, 6.07) is 3.51. The van der Waals surface area contributed by atoms with Gasteiger partial charge in [-0.15, -0.1) is 0 Å². The number of carbonyl (C=O) groups is 3. The summed E-state index contributed by atoms with van der Waals surface area (Å²) in [4.78, 5) is 37.9. The first-order valence-corrected chi connectivity index (χ1v) is 9.22. The van der Waals surface area contributed by atoms with E-state index in [0.29, 0.717) is 18.4 Å². The van der Waals surface area contributed by atoms with Crippen LogP contribution in [0, 0.1) is 11.7 Å². The number of likely N-dealkylation sites (tertiary alicyclic amines) is 1. The third-order valence-corrected chi connectivity index (χ3v) is 4.98. The van der Waals surface area contributed by atoms with Crippen LogP contribution in [0.25, 0.3) is 0 Å². The summed E-state index contributed by atoms with van der Waals surface area (Å²) < 4.78 is 18.9. The highest BCUT2D eigenvalue weighted by Gasteiger charge is 2.34. The Labute approximate surface area is 163 Å². The number of rotatable bonds is 7. The number of carbonyl (C=O) groups excluding carboxylic acids is 3. The summed E-state index contributed by atoms with van der Waals surface area (Å²) in [7, 11) is 1.26. The van der Waals surface area contributed by atoms with Crippen LogP contribution in [0.2, 0.25) is 5.02 Å². The average Bonchev–Trinajstić information content (AvgIpc) is 2.95. The molecule has 1 saturated heterocycles. The minimum absolute atomic E-state index is 0.00806. The molecule has 1 aromatic rings. The number of halogens is 2. The van der Waals surface area contributed by atoms with Gasteiger partial charge in [-0.2, -0.15) is 0 Å². The second-order valence-electron chi connectivity index (χ2n) is 6.94. The topological polar surface area (TPSA) is 75.7 Å². The van der Waals surface area contributed by atoms with E-state index in [4.69, 9.17) is 16.3 Å². The minimum Gasteiger partial charge on any atom is -0.467 e. The molecular weight excluding hydrogens is 375 g/mol. The predicted molar refractivity (Wildman–Crippen MR) is 98.4 cm³/mol. The molecule has 1 fully saturated rings. The lowest BCUT2D eigenvalue weighted by molar-refractivity contribution is -0.146. The normalized spacial score (nSPS) is 17.9. The highest BCUT2D eigenvalue weighted by atomic mass is 35.5. The first kappa shape index (κ1) is 21.2. The maximum absolute atomic E-state index is 14.2. The van der Waals surface area contributed by atoms with Crippen LogP contribution in [0.15, 0.2) is 18.2 Å². The molecule has 0 bridgehead atoms. The van der Waals surface area contributed by atoms with E-state index in [0.717, 1.165) is 0 Å². The maximum atomic E-state index is 14.2. The molecule has 6 nitrogen and oxygen atoms in total. The zero-order valence-electron chi connectivity index (χ0n) is 15.6. The van der Waals surface area contributed by atoms with Gasteiger partial charge in [-0.05, 0) is 18.4 Å². The molecule has 0 unspecified atom stereocenters. The number of hydrogen-bond donors (Lipinski definition) is 1. The number of methoxy groups -OCH3 is 1. The molecule has 0 aromatic heterocycles. The fourth-order valence-corrected chi connectivity index (χ4v) is 3.34. The van der Waals surface area contributed by atoms with Crippen LogP contribution in [-0.4, -0.2) is 41.9 Å².